The monoisotopic (exact) mass is 288 g/mol. The summed E-state index contributed by atoms with van der Waals surface area (Å²) >= 11 is 5.63. The smallest absolute Gasteiger partial charge is 0.129 e. The van der Waals surface area contributed by atoms with Crippen LogP contribution in [0.25, 0.3) is 0 Å². The van der Waals surface area contributed by atoms with Crippen LogP contribution in [0.5, 0.6) is 0 Å². The number of allylic oxidation sites excluding steroid dienone is 6. The first-order valence-electron chi connectivity index (χ1n) is 5.42. The topological polar surface area (TPSA) is 9.23 Å². The van der Waals surface area contributed by atoms with Crippen LogP contribution in [0, 0.1) is 0 Å². The van der Waals surface area contributed by atoms with Crippen LogP contribution in [0.3, 0.4) is 0 Å². The zero-order chi connectivity index (χ0) is 12.6. The normalized spacial score (nSPS) is 17.3. The summed E-state index contributed by atoms with van der Waals surface area (Å²) in [6, 6.07) is 0. The molecule has 94 valence electrons. The molecule has 0 aromatic rings. The minimum absolute atomic E-state index is 0. The summed E-state index contributed by atoms with van der Waals surface area (Å²) in [7, 11) is 0. The molecule has 0 N–H and O–H groups in total. The summed E-state index contributed by atoms with van der Waals surface area (Å²) in [5.41, 5.74) is 1.58. The zero-order valence-electron chi connectivity index (χ0n) is 11.3. The van der Waals surface area contributed by atoms with Crippen molar-refractivity contribution in [2.24, 2.45) is 0 Å². The molecule has 0 bridgehead atoms. The molecule has 0 saturated carbocycles. The van der Waals surface area contributed by atoms with Gasteiger partial charge in [-0.05, 0) is 45.8 Å². The molecule has 17 heavy (non-hydrogen) atoms. The quantitative estimate of drug-likeness (QED) is 0.513. The summed E-state index contributed by atoms with van der Waals surface area (Å²) in [4.78, 5) is 0. The molecular weight excluding hydrogens is 267 g/mol. The second-order valence-corrected chi connectivity index (χ2v) is 4.02. The molecular formula is C14H21ClOTi. The predicted molar refractivity (Wildman–Crippen MR) is 72.5 cm³/mol. The van der Waals surface area contributed by atoms with E-state index in [0.29, 0.717) is 0 Å². The number of halogens is 1. The van der Waals surface area contributed by atoms with Gasteiger partial charge in [0.25, 0.3) is 0 Å². The molecule has 0 amide bonds. The van der Waals surface area contributed by atoms with E-state index >= 15 is 0 Å². The van der Waals surface area contributed by atoms with E-state index in [0.717, 1.165) is 11.1 Å². The molecule has 0 radical (unpaired) electrons. The van der Waals surface area contributed by atoms with Crippen molar-refractivity contribution in [3.05, 3.63) is 47.6 Å². The van der Waals surface area contributed by atoms with Crippen LogP contribution in [-0.4, -0.2) is 5.60 Å². The first-order chi connectivity index (χ1) is 7.52. The van der Waals surface area contributed by atoms with Gasteiger partial charge in [-0.25, -0.2) is 0 Å². The van der Waals surface area contributed by atoms with Crippen LogP contribution in [0.4, 0.5) is 0 Å². The van der Waals surface area contributed by atoms with Crippen molar-refractivity contribution in [2.75, 3.05) is 0 Å². The molecule has 0 aliphatic heterocycles. The van der Waals surface area contributed by atoms with E-state index in [9.17, 15) is 0 Å². The van der Waals surface area contributed by atoms with Crippen LogP contribution in [0.1, 0.15) is 34.6 Å². The Morgan fingerprint density at radius 1 is 1.00 bits per heavy atom. The molecule has 0 fully saturated rings. The third-order valence-electron chi connectivity index (χ3n) is 2.74. The van der Waals surface area contributed by atoms with Crippen LogP contribution in [0.2, 0.25) is 0 Å². The van der Waals surface area contributed by atoms with E-state index in [2.05, 4.69) is 0 Å². The van der Waals surface area contributed by atoms with Crippen LogP contribution < -0.4 is 0 Å². The third kappa shape index (κ3) is 5.88. The zero-order valence-corrected chi connectivity index (χ0v) is 13.6. The number of hydrogen-bond acceptors (Lipinski definition) is 1. The molecule has 3 heteroatoms. The Balaban J connectivity index is 0. The average Bonchev–Trinajstić information content (AvgIpc) is 2.31. The van der Waals surface area contributed by atoms with Gasteiger partial charge in [0.1, 0.15) is 5.60 Å². The fourth-order valence-electron chi connectivity index (χ4n) is 1.23. The molecule has 0 atom stereocenters. The number of rotatable bonds is 5. The maximum absolute atomic E-state index is 5.63. The largest absolute Gasteiger partial charge is 0.264 e. The molecule has 0 spiro atoms. The van der Waals surface area contributed by atoms with Gasteiger partial charge < -0.3 is 0 Å². The van der Waals surface area contributed by atoms with Gasteiger partial charge in [-0.15, -0.1) is 0 Å². The van der Waals surface area contributed by atoms with Gasteiger partial charge in [0.2, 0.25) is 0 Å². The van der Waals surface area contributed by atoms with E-state index in [-0.39, 0.29) is 21.7 Å². The fraction of sp³-hybridized carbons (Fsp3) is 0.429. The molecule has 0 aliphatic rings. The number of hydrogen-bond donors (Lipinski definition) is 0. The molecule has 0 aliphatic carbocycles. The average molecular weight is 289 g/mol. The van der Waals surface area contributed by atoms with Crippen molar-refractivity contribution in [1.29, 1.82) is 0 Å². The van der Waals surface area contributed by atoms with Gasteiger partial charge in [0.05, 0.1) is 11.9 Å². The third-order valence-corrected chi connectivity index (χ3v) is 3.05. The van der Waals surface area contributed by atoms with Crippen molar-refractivity contribution >= 4 is 11.9 Å². The Morgan fingerprint density at radius 2 is 1.35 bits per heavy atom. The SMILES string of the molecule is C/C=C/C=C(\C)C(C)(OCl)/C(C)=C/C=C/C.[Ti]. The van der Waals surface area contributed by atoms with Crippen LogP contribution in [0.15, 0.2) is 47.6 Å². The van der Waals surface area contributed by atoms with Crippen LogP contribution in [-0.2, 0) is 26.0 Å². The first kappa shape index (κ1) is 19.3. The molecule has 0 saturated heterocycles. The van der Waals surface area contributed by atoms with E-state index in [1.165, 1.54) is 0 Å². The van der Waals surface area contributed by atoms with Gasteiger partial charge in [0.15, 0.2) is 0 Å². The van der Waals surface area contributed by atoms with Crippen molar-refractivity contribution in [3.63, 3.8) is 0 Å². The fourth-order valence-corrected chi connectivity index (χ4v) is 1.48. The first-order valence-corrected chi connectivity index (χ1v) is 5.73. The maximum Gasteiger partial charge on any atom is 0.129 e. The molecule has 0 heterocycles. The minimum atomic E-state index is -0.555. The van der Waals surface area contributed by atoms with Crippen molar-refractivity contribution in [3.8, 4) is 0 Å². The summed E-state index contributed by atoms with van der Waals surface area (Å²) in [6.45, 7) is 9.94. The van der Waals surface area contributed by atoms with Crippen molar-refractivity contribution < 1.29 is 26.0 Å². The van der Waals surface area contributed by atoms with Crippen molar-refractivity contribution in [1.82, 2.24) is 0 Å². The van der Waals surface area contributed by atoms with Gasteiger partial charge in [-0.3, -0.25) is 4.29 Å². The van der Waals surface area contributed by atoms with E-state index in [1.807, 2.05) is 71.1 Å². The Morgan fingerprint density at radius 3 is 1.59 bits per heavy atom. The standard InChI is InChI=1S/C14H21ClO.Ti/c1-6-8-10-12(3)14(5,16-15)13(4)11-9-7-2;/h6-11H,1-5H3;/b8-6+,9-7+,12-10+,13-11+;. The second kappa shape index (κ2) is 9.90. The van der Waals surface area contributed by atoms with Gasteiger partial charge in [0, 0.05) is 21.7 Å². The van der Waals surface area contributed by atoms with E-state index in [1.54, 1.807) is 0 Å². The predicted octanol–water partition coefficient (Wildman–Crippen LogP) is 4.96. The molecule has 0 aromatic carbocycles. The van der Waals surface area contributed by atoms with E-state index < -0.39 is 5.60 Å². The summed E-state index contributed by atoms with van der Waals surface area (Å²) in [6.07, 6.45) is 11.9. The second-order valence-electron chi connectivity index (χ2n) is 3.86. The summed E-state index contributed by atoms with van der Waals surface area (Å²) in [5.74, 6) is 0. The van der Waals surface area contributed by atoms with Gasteiger partial charge in [-0.1, -0.05) is 36.5 Å². The van der Waals surface area contributed by atoms with E-state index in [4.69, 9.17) is 16.2 Å². The summed E-state index contributed by atoms with van der Waals surface area (Å²) < 4.78 is 5.12. The van der Waals surface area contributed by atoms with Crippen LogP contribution >= 0.6 is 11.9 Å². The summed E-state index contributed by atoms with van der Waals surface area (Å²) in [5, 5.41) is 0. The van der Waals surface area contributed by atoms with Gasteiger partial charge in [-0.2, -0.15) is 0 Å². The molecule has 1 nitrogen and oxygen atoms in total. The molecule has 0 aromatic heterocycles. The molecule has 0 rings (SSSR count). The Kier molecular flexibility index (Phi) is 11.2. The minimum Gasteiger partial charge on any atom is -0.264 e. The van der Waals surface area contributed by atoms with Gasteiger partial charge >= 0.3 is 0 Å². The Bertz CT molecular complexity index is 299. The van der Waals surface area contributed by atoms with Crippen molar-refractivity contribution in [2.45, 2.75) is 40.2 Å². The Labute approximate surface area is 125 Å². The maximum atomic E-state index is 5.63. The molecule has 0 unspecified atom stereocenters. The Hall–Kier alpha value is -0.0757.